The Kier molecular flexibility index (Phi) is 6.21. The van der Waals surface area contributed by atoms with Crippen LogP contribution in [-0.4, -0.2) is 6.61 Å². The van der Waals surface area contributed by atoms with Crippen LogP contribution in [0.25, 0.3) is 0 Å². The summed E-state index contributed by atoms with van der Waals surface area (Å²) in [4.78, 5) is 0. The summed E-state index contributed by atoms with van der Waals surface area (Å²) in [5.41, 5.74) is 1.97. The van der Waals surface area contributed by atoms with Crippen LogP contribution < -0.4 is 10.1 Å². The lowest BCUT2D eigenvalue weighted by molar-refractivity contribution is 0.309. The van der Waals surface area contributed by atoms with Crippen LogP contribution in [0.3, 0.4) is 0 Å². The SMILES string of the molecule is CCCCOc1cccc(CNc2cccc(Cl)c2Cl)c1. The van der Waals surface area contributed by atoms with Crippen molar-refractivity contribution in [2.24, 2.45) is 0 Å². The van der Waals surface area contributed by atoms with Crippen molar-refractivity contribution >= 4 is 28.9 Å². The first kappa shape index (κ1) is 16.0. The zero-order valence-electron chi connectivity index (χ0n) is 12.0. The van der Waals surface area contributed by atoms with Crippen molar-refractivity contribution in [2.45, 2.75) is 26.3 Å². The molecule has 2 nitrogen and oxygen atoms in total. The van der Waals surface area contributed by atoms with Crippen molar-refractivity contribution in [1.29, 1.82) is 0 Å². The Morgan fingerprint density at radius 1 is 1.10 bits per heavy atom. The number of halogens is 2. The maximum absolute atomic E-state index is 6.16. The van der Waals surface area contributed by atoms with E-state index < -0.39 is 0 Å². The predicted octanol–water partition coefficient (Wildman–Crippen LogP) is 5.78. The molecule has 0 saturated heterocycles. The van der Waals surface area contributed by atoms with Gasteiger partial charge in [0.15, 0.2) is 0 Å². The molecule has 0 unspecified atom stereocenters. The Labute approximate surface area is 136 Å². The highest BCUT2D eigenvalue weighted by Crippen LogP contribution is 2.29. The molecule has 1 N–H and O–H groups in total. The topological polar surface area (TPSA) is 21.3 Å². The summed E-state index contributed by atoms with van der Waals surface area (Å²) in [6.07, 6.45) is 2.20. The van der Waals surface area contributed by atoms with Gasteiger partial charge in [0.2, 0.25) is 0 Å². The Bertz CT molecular complexity index is 587. The van der Waals surface area contributed by atoms with E-state index in [0.29, 0.717) is 16.6 Å². The Morgan fingerprint density at radius 3 is 2.71 bits per heavy atom. The highest BCUT2D eigenvalue weighted by molar-refractivity contribution is 6.43. The van der Waals surface area contributed by atoms with Crippen LogP contribution in [-0.2, 0) is 6.54 Å². The first-order valence-electron chi connectivity index (χ1n) is 7.10. The minimum atomic E-state index is 0.550. The molecule has 0 fully saturated rings. The maximum Gasteiger partial charge on any atom is 0.119 e. The van der Waals surface area contributed by atoms with Crippen LogP contribution in [0, 0.1) is 0 Å². The smallest absolute Gasteiger partial charge is 0.119 e. The van der Waals surface area contributed by atoms with Crippen molar-refractivity contribution in [1.82, 2.24) is 0 Å². The normalized spacial score (nSPS) is 10.4. The van der Waals surface area contributed by atoms with Gasteiger partial charge in [0.1, 0.15) is 5.75 Å². The van der Waals surface area contributed by atoms with Crippen molar-refractivity contribution in [2.75, 3.05) is 11.9 Å². The monoisotopic (exact) mass is 323 g/mol. The fourth-order valence-corrected chi connectivity index (χ4v) is 2.28. The van der Waals surface area contributed by atoms with E-state index in [9.17, 15) is 0 Å². The van der Waals surface area contributed by atoms with E-state index >= 15 is 0 Å². The summed E-state index contributed by atoms with van der Waals surface area (Å²) in [6.45, 7) is 3.58. The molecular formula is C17H19Cl2NO. The van der Waals surface area contributed by atoms with Crippen LogP contribution in [0.2, 0.25) is 10.0 Å². The van der Waals surface area contributed by atoms with Gasteiger partial charge in [-0.05, 0) is 36.2 Å². The molecule has 0 bridgehead atoms. The standard InChI is InChI=1S/C17H19Cl2NO/c1-2-3-10-21-14-7-4-6-13(11-14)12-20-16-9-5-8-15(18)17(16)19/h4-9,11,20H,2-3,10,12H2,1H3. The second-order valence-corrected chi connectivity index (χ2v) is 5.59. The van der Waals surface area contributed by atoms with E-state index in [1.54, 1.807) is 6.07 Å². The summed E-state index contributed by atoms with van der Waals surface area (Å²) in [5, 5.41) is 4.40. The van der Waals surface area contributed by atoms with Crippen molar-refractivity contribution in [3.05, 3.63) is 58.1 Å². The molecule has 21 heavy (non-hydrogen) atoms. The molecule has 2 aromatic rings. The number of unbranched alkanes of at least 4 members (excludes halogenated alkanes) is 1. The summed E-state index contributed by atoms with van der Waals surface area (Å²) >= 11 is 12.2. The number of hydrogen-bond donors (Lipinski definition) is 1. The third-order valence-corrected chi connectivity index (χ3v) is 3.92. The third-order valence-electron chi connectivity index (χ3n) is 3.10. The molecule has 0 atom stereocenters. The van der Waals surface area contributed by atoms with Crippen LogP contribution >= 0.6 is 23.2 Å². The number of nitrogens with one attached hydrogen (secondary N) is 1. The number of benzene rings is 2. The van der Waals surface area contributed by atoms with Crippen LogP contribution in [0.1, 0.15) is 25.3 Å². The third kappa shape index (κ3) is 4.83. The Balaban J connectivity index is 1.96. The minimum Gasteiger partial charge on any atom is -0.494 e. The average molecular weight is 324 g/mol. The first-order valence-corrected chi connectivity index (χ1v) is 7.86. The molecule has 0 saturated carbocycles. The summed E-state index contributed by atoms with van der Waals surface area (Å²) in [5.74, 6) is 0.903. The van der Waals surface area contributed by atoms with Gasteiger partial charge in [-0.15, -0.1) is 0 Å². The molecule has 0 spiro atoms. The molecule has 4 heteroatoms. The molecule has 2 rings (SSSR count). The van der Waals surface area contributed by atoms with Crippen LogP contribution in [0.5, 0.6) is 5.75 Å². The second kappa shape index (κ2) is 8.16. The van der Waals surface area contributed by atoms with Gasteiger partial charge in [-0.3, -0.25) is 0 Å². The van der Waals surface area contributed by atoms with Crippen molar-refractivity contribution in [3.8, 4) is 5.75 Å². The Morgan fingerprint density at radius 2 is 1.90 bits per heavy atom. The van der Waals surface area contributed by atoms with Gasteiger partial charge in [0.05, 0.1) is 22.3 Å². The maximum atomic E-state index is 6.16. The fraction of sp³-hybridized carbons (Fsp3) is 0.294. The van der Waals surface area contributed by atoms with Gasteiger partial charge < -0.3 is 10.1 Å². The van der Waals surface area contributed by atoms with E-state index in [1.165, 1.54) is 0 Å². The molecule has 0 aromatic heterocycles. The summed E-state index contributed by atoms with van der Waals surface area (Å²) < 4.78 is 5.71. The number of anilines is 1. The quantitative estimate of drug-likeness (QED) is 0.651. The number of rotatable bonds is 7. The predicted molar refractivity (Wildman–Crippen MR) is 90.6 cm³/mol. The lowest BCUT2D eigenvalue weighted by Crippen LogP contribution is -2.01. The van der Waals surface area contributed by atoms with Crippen molar-refractivity contribution < 1.29 is 4.74 Å². The Hall–Kier alpha value is -1.38. The zero-order chi connectivity index (χ0) is 15.1. The van der Waals surface area contributed by atoms with Crippen LogP contribution in [0.15, 0.2) is 42.5 Å². The van der Waals surface area contributed by atoms with E-state index in [-0.39, 0.29) is 0 Å². The van der Waals surface area contributed by atoms with Gasteiger partial charge >= 0.3 is 0 Å². The summed E-state index contributed by atoms with van der Waals surface area (Å²) in [6, 6.07) is 13.6. The highest BCUT2D eigenvalue weighted by Gasteiger charge is 2.04. The van der Waals surface area contributed by atoms with Gasteiger partial charge in [-0.2, -0.15) is 0 Å². The molecule has 0 aliphatic rings. The molecule has 0 radical (unpaired) electrons. The van der Waals surface area contributed by atoms with Crippen molar-refractivity contribution in [3.63, 3.8) is 0 Å². The first-order chi connectivity index (χ1) is 10.2. The highest BCUT2D eigenvalue weighted by atomic mass is 35.5. The van der Waals surface area contributed by atoms with E-state index in [0.717, 1.165) is 36.4 Å². The van der Waals surface area contributed by atoms with E-state index in [2.05, 4.69) is 18.3 Å². The molecule has 0 aliphatic heterocycles. The molecule has 0 aliphatic carbocycles. The number of ether oxygens (including phenoxy) is 1. The molecule has 112 valence electrons. The molecule has 2 aromatic carbocycles. The molecule has 0 amide bonds. The van der Waals surface area contributed by atoms with E-state index in [4.69, 9.17) is 27.9 Å². The average Bonchev–Trinajstić information content (AvgIpc) is 2.50. The molecule has 0 heterocycles. The molecular weight excluding hydrogens is 305 g/mol. The van der Waals surface area contributed by atoms with Gasteiger partial charge in [-0.25, -0.2) is 0 Å². The van der Waals surface area contributed by atoms with Crippen LogP contribution in [0.4, 0.5) is 5.69 Å². The zero-order valence-corrected chi connectivity index (χ0v) is 13.5. The lowest BCUT2D eigenvalue weighted by Gasteiger charge is -2.11. The van der Waals surface area contributed by atoms with Gasteiger partial charge in [0.25, 0.3) is 0 Å². The summed E-state index contributed by atoms with van der Waals surface area (Å²) in [7, 11) is 0. The lowest BCUT2D eigenvalue weighted by atomic mass is 10.2. The minimum absolute atomic E-state index is 0.550. The fourth-order valence-electron chi connectivity index (χ4n) is 1.92. The second-order valence-electron chi connectivity index (χ2n) is 4.80. The van der Waals surface area contributed by atoms with Gasteiger partial charge in [0, 0.05) is 6.54 Å². The number of hydrogen-bond acceptors (Lipinski definition) is 2. The van der Waals surface area contributed by atoms with Gasteiger partial charge in [-0.1, -0.05) is 54.7 Å². The largest absolute Gasteiger partial charge is 0.494 e. The van der Waals surface area contributed by atoms with E-state index in [1.807, 2.05) is 30.3 Å².